The zero-order chi connectivity index (χ0) is 12.4. The van der Waals surface area contributed by atoms with E-state index in [0.717, 1.165) is 0 Å². The van der Waals surface area contributed by atoms with E-state index in [0.29, 0.717) is 11.3 Å². The second kappa shape index (κ2) is 4.83. The highest BCUT2D eigenvalue weighted by Crippen LogP contribution is 2.26. The van der Waals surface area contributed by atoms with Gasteiger partial charge in [-0.1, -0.05) is 23.7 Å². The molecular weight excluding hydrogens is 243 g/mol. The number of nitrogens with two attached hydrogens (primary N) is 1. The predicted molar refractivity (Wildman–Crippen MR) is 63.8 cm³/mol. The minimum atomic E-state index is -0.519. The van der Waals surface area contributed by atoms with Crippen molar-refractivity contribution in [2.75, 3.05) is 0 Å². The molecule has 0 aliphatic carbocycles. The maximum Gasteiger partial charge on any atom is 0.147 e. The highest BCUT2D eigenvalue weighted by molar-refractivity contribution is 6.30. The Morgan fingerprint density at radius 1 is 1.47 bits per heavy atom. The Kier molecular flexibility index (Phi) is 3.42. The van der Waals surface area contributed by atoms with Crippen molar-refractivity contribution in [3.8, 4) is 0 Å². The van der Waals surface area contributed by atoms with E-state index in [-0.39, 0.29) is 5.02 Å². The lowest BCUT2D eigenvalue weighted by molar-refractivity contribution is 0.547. The fraction of sp³-hybridized carbons (Fsp3) is 0.182. The number of hydrogen-bond acceptors (Lipinski definition) is 3. The van der Waals surface area contributed by atoms with Gasteiger partial charge >= 0.3 is 0 Å². The van der Waals surface area contributed by atoms with Gasteiger partial charge < -0.3 is 0 Å². The Hall–Kier alpha value is -1.43. The largest absolute Gasteiger partial charge is 0.275 e. The summed E-state index contributed by atoms with van der Waals surface area (Å²) in [6, 6.07) is 6.04. The average Bonchev–Trinajstić information content (AvgIpc) is 2.72. The lowest BCUT2D eigenvalue weighted by atomic mass is 10.0. The molecule has 6 heteroatoms. The third-order valence-electron chi connectivity index (χ3n) is 2.49. The van der Waals surface area contributed by atoms with E-state index in [2.05, 4.69) is 10.5 Å². The second-order valence-electron chi connectivity index (χ2n) is 3.66. The summed E-state index contributed by atoms with van der Waals surface area (Å²) >= 11 is 5.74. The summed E-state index contributed by atoms with van der Waals surface area (Å²) in [4.78, 5) is 0. The molecule has 3 N–H and O–H groups in total. The molecule has 4 nitrogen and oxygen atoms in total. The maximum absolute atomic E-state index is 13.9. The lowest BCUT2D eigenvalue weighted by Crippen LogP contribution is -2.30. The number of aryl methyl sites for hydroxylation is 1. The Bertz CT molecular complexity index is 526. The van der Waals surface area contributed by atoms with Crippen LogP contribution in [0, 0.1) is 5.82 Å². The molecule has 1 aromatic heterocycles. The van der Waals surface area contributed by atoms with Crippen LogP contribution in [0.3, 0.4) is 0 Å². The van der Waals surface area contributed by atoms with Gasteiger partial charge in [0.1, 0.15) is 5.82 Å². The van der Waals surface area contributed by atoms with E-state index in [4.69, 9.17) is 17.4 Å². The van der Waals surface area contributed by atoms with Crippen LogP contribution in [0.4, 0.5) is 4.39 Å². The van der Waals surface area contributed by atoms with Crippen molar-refractivity contribution in [3.05, 3.63) is 52.6 Å². The van der Waals surface area contributed by atoms with Crippen molar-refractivity contribution in [1.82, 2.24) is 15.2 Å². The number of aromatic nitrogens is 2. The van der Waals surface area contributed by atoms with E-state index >= 15 is 0 Å². The molecule has 0 bridgehead atoms. The van der Waals surface area contributed by atoms with Crippen molar-refractivity contribution >= 4 is 11.6 Å². The average molecular weight is 255 g/mol. The number of rotatable bonds is 3. The van der Waals surface area contributed by atoms with Crippen molar-refractivity contribution < 1.29 is 4.39 Å². The van der Waals surface area contributed by atoms with Gasteiger partial charge in [0.05, 0.1) is 16.8 Å². The molecule has 17 heavy (non-hydrogen) atoms. The van der Waals surface area contributed by atoms with Crippen LogP contribution in [0.1, 0.15) is 17.3 Å². The van der Waals surface area contributed by atoms with Gasteiger partial charge in [-0.05, 0) is 12.1 Å². The Balaban J connectivity index is 2.45. The van der Waals surface area contributed by atoms with Crippen LogP contribution in [0.5, 0.6) is 0 Å². The molecule has 2 rings (SSSR count). The molecule has 1 aromatic carbocycles. The monoisotopic (exact) mass is 254 g/mol. The van der Waals surface area contributed by atoms with Crippen molar-refractivity contribution in [3.63, 3.8) is 0 Å². The third-order valence-corrected chi connectivity index (χ3v) is 2.78. The van der Waals surface area contributed by atoms with E-state index in [1.54, 1.807) is 36.1 Å². The van der Waals surface area contributed by atoms with Crippen LogP contribution in [0.15, 0.2) is 30.5 Å². The van der Waals surface area contributed by atoms with Crippen LogP contribution in [0.2, 0.25) is 5.02 Å². The molecule has 0 spiro atoms. The van der Waals surface area contributed by atoms with Crippen molar-refractivity contribution in [2.24, 2.45) is 12.9 Å². The summed E-state index contributed by atoms with van der Waals surface area (Å²) < 4.78 is 15.5. The summed E-state index contributed by atoms with van der Waals surface area (Å²) in [5.41, 5.74) is 3.55. The van der Waals surface area contributed by atoms with Crippen molar-refractivity contribution in [1.29, 1.82) is 0 Å². The zero-order valence-corrected chi connectivity index (χ0v) is 9.95. The standard InChI is InChI=1S/C11H12ClFN4/c1-17-6-5-9(16-17)11(15-14)7-3-2-4-8(12)10(7)13/h2-6,11,15H,14H2,1H3. The van der Waals surface area contributed by atoms with Gasteiger partial charge in [-0.3, -0.25) is 10.5 Å². The van der Waals surface area contributed by atoms with E-state index in [1.165, 1.54) is 6.07 Å². The minimum Gasteiger partial charge on any atom is -0.275 e. The fourth-order valence-corrected chi connectivity index (χ4v) is 1.85. The van der Waals surface area contributed by atoms with Gasteiger partial charge in [-0.2, -0.15) is 5.10 Å². The number of nitrogens with one attached hydrogen (secondary N) is 1. The summed E-state index contributed by atoms with van der Waals surface area (Å²) in [7, 11) is 1.78. The van der Waals surface area contributed by atoms with Gasteiger partial charge in [0.25, 0.3) is 0 Å². The summed E-state index contributed by atoms with van der Waals surface area (Å²) in [5.74, 6) is 4.97. The lowest BCUT2D eigenvalue weighted by Gasteiger charge is -2.15. The molecule has 1 unspecified atom stereocenters. The van der Waals surface area contributed by atoms with E-state index < -0.39 is 11.9 Å². The van der Waals surface area contributed by atoms with Crippen molar-refractivity contribution in [2.45, 2.75) is 6.04 Å². The van der Waals surface area contributed by atoms with E-state index in [9.17, 15) is 4.39 Å². The second-order valence-corrected chi connectivity index (χ2v) is 4.06. The molecule has 0 saturated heterocycles. The normalized spacial score (nSPS) is 12.7. The number of hydrazine groups is 1. The molecule has 0 aliphatic heterocycles. The Labute approximate surface area is 103 Å². The van der Waals surface area contributed by atoms with Gasteiger partial charge in [0, 0.05) is 18.8 Å². The maximum atomic E-state index is 13.9. The Morgan fingerprint density at radius 2 is 2.24 bits per heavy atom. The van der Waals surface area contributed by atoms with Crippen LogP contribution in [-0.2, 0) is 7.05 Å². The smallest absolute Gasteiger partial charge is 0.147 e. The van der Waals surface area contributed by atoms with Crippen LogP contribution in [-0.4, -0.2) is 9.78 Å². The minimum absolute atomic E-state index is 0.0682. The van der Waals surface area contributed by atoms with Gasteiger partial charge in [-0.15, -0.1) is 0 Å². The zero-order valence-electron chi connectivity index (χ0n) is 9.19. The fourth-order valence-electron chi connectivity index (χ4n) is 1.66. The molecule has 0 saturated carbocycles. The highest BCUT2D eigenvalue weighted by Gasteiger charge is 2.20. The van der Waals surface area contributed by atoms with Crippen LogP contribution in [0.25, 0.3) is 0 Å². The molecule has 0 amide bonds. The summed E-state index contributed by atoms with van der Waals surface area (Å²) in [6.07, 6.45) is 1.77. The first-order chi connectivity index (χ1) is 8.13. The first-order valence-corrected chi connectivity index (χ1v) is 5.41. The molecule has 1 heterocycles. The molecule has 2 aromatic rings. The number of hydrogen-bond donors (Lipinski definition) is 2. The number of benzene rings is 1. The number of halogens is 2. The quantitative estimate of drug-likeness (QED) is 0.648. The topological polar surface area (TPSA) is 55.9 Å². The highest BCUT2D eigenvalue weighted by atomic mass is 35.5. The molecule has 0 fully saturated rings. The molecule has 0 aliphatic rings. The first kappa shape index (κ1) is 12.0. The number of nitrogens with zero attached hydrogens (tertiary/aromatic N) is 2. The molecule has 0 radical (unpaired) electrons. The van der Waals surface area contributed by atoms with Gasteiger partial charge in [0.15, 0.2) is 0 Å². The van der Waals surface area contributed by atoms with Gasteiger partial charge in [0.2, 0.25) is 0 Å². The third kappa shape index (κ3) is 2.31. The molecule has 90 valence electrons. The summed E-state index contributed by atoms with van der Waals surface area (Å²) in [5, 5.41) is 4.26. The first-order valence-electron chi connectivity index (χ1n) is 5.03. The summed E-state index contributed by atoms with van der Waals surface area (Å²) in [6.45, 7) is 0. The van der Waals surface area contributed by atoms with Crippen LogP contribution >= 0.6 is 11.6 Å². The Morgan fingerprint density at radius 3 is 2.82 bits per heavy atom. The predicted octanol–water partition coefficient (Wildman–Crippen LogP) is 1.77. The van der Waals surface area contributed by atoms with Crippen LogP contribution < -0.4 is 11.3 Å². The molecular formula is C11H12ClFN4. The van der Waals surface area contributed by atoms with E-state index in [1.807, 2.05) is 0 Å². The van der Waals surface area contributed by atoms with Gasteiger partial charge in [-0.25, -0.2) is 9.82 Å². The SMILES string of the molecule is Cn1ccc(C(NN)c2cccc(Cl)c2F)n1. The molecule has 1 atom stereocenters.